The molecular formula is C17H25N3O2. The normalized spacial score (nSPS) is 46.0. The number of nitrogens with one attached hydrogen (secondary N) is 1. The molecule has 4 aliphatic carbocycles. The van der Waals surface area contributed by atoms with Crippen LogP contribution in [0, 0.1) is 23.2 Å². The molecule has 0 aromatic heterocycles. The zero-order valence-electron chi connectivity index (χ0n) is 13.1. The summed E-state index contributed by atoms with van der Waals surface area (Å²) in [5.74, 6) is 1.08. The third-order valence-electron chi connectivity index (χ3n) is 6.82. The lowest BCUT2D eigenvalue weighted by Gasteiger charge is -2.39. The highest BCUT2D eigenvalue weighted by atomic mass is 16.3. The van der Waals surface area contributed by atoms with Gasteiger partial charge < -0.3 is 15.3 Å². The number of rotatable bonds is 3. The minimum atomic E-state index is -0.494. The van der Waals surface area contributed by atoms with Gasteiger partial charge in [-0.2, -0.15) is 5.26 Å². The number of carbonyl (C=O) groups is 1. The van der Waals surface area contributed by atoms with Crippen molar-refractivity contribution in [3.8, 4) is 6.07 Å². The Hall–Kier alpha value is -1.12. The second-order valence-electron chi connectivity index (χ2n) is 7.89. The van der Waals surface area contributed by atoms with Gasteiger partial charge in [-0.05, 0) is 56.8 Å². The summed E-state index contributed by atoms with van der Waals surface area (Å²) in [4.78, 5) is 14.2. The standard InChI is InChI=1S/C17H25N3O2/c18-9-14-4-2-6-20(14)15(21)10-19-16-8-13-7-12(16)3-1-5-17(13,22)11-16/h12-14,19,22H,1-8,10-11H2/t12?,13?,14-,16?,17?/m0/s1. The van der Waals surface area contributed by atoms with Crippen molar-refractivity contribution in [2.75, 3.05) is 13.1 Å². The SMILES string of the molecule is N#C[C@@H]1CCCN1C(=O)CNC12CC3CC1CCCC3(O)C2. The molecule has 5 atom stereocenters. The second kappa shape index (κ2) is 4.94. The maximum absolute atomic E-state index is 12.5. The summed E-state index contributed by atoms with van der Waals surface area (Å²) in [6.45, 7) is 1.03. The van der Waals surface area contributed by atoms with E-state index < -0.39 is 5.60 Å². The average Bonchev–Trinajstić information content (AvgIpc) is 3.12. The molecule has 0 radical (unpaired) electrons. The Morgan fingerprint density at radius 1 is 1.36 bits per heavy atom. The highest BCUT2D eigenvalue weighted by molar-refractivity contribution is 5.79. The van der Waals surface area contributed by atoms with Gasteiger partial charge in [0.1, 0.15) is 6.04 Å². The molecule has 4 unspecified atom stereocenters. The van der Waals surface area contributed by atoms with E-state index in [9.17, 15) is 9.90 Å². The quantitative estimate of drug-likeness (QED) is 0.821. The summed E-state index contributed by atoms with van der Waals surface area (Å²) in [7, 11) is 0. The van der Waals surface area contributed by atoms with E-state index in [-0.39, 0.29) is 17.5 Å². The van der Waals surface area contributed by atoms with Gasteiger partial charge in [0.15, 0.2) is 0 Å². The number of nitriles is 1. The maximum Gasteiger partial charge on any atom is 0.237 e. The van der Waals surface area contributed by atoms with Crippen LogP contribution in [0.25, 0.3) is 0 Å². The molecular weight excluding hydrogens is 278 g/mol. The molecule has 5 aliphatic rings. The summed E-state index contributed by atoms with van der Waals surface area (Å²) in [6.07, 6.45) is 7.88. The van der Waals surface area contributed by atoms with Crippen LogP contribution in [0.15, 0.2) is 0 Å². The summed E-state index contributed by atoms with van der Waals surface area (Å²) in [6, 6.07) is 1.99. The Labute approximate surface area is 131 Å². The number of hydrogen-bond acceptors (Lipinski definition) is 4. The monoisotopic (exact) mass is 303 g/mol. The van der Waals surface area contributed by atoms with Crippen molar-refractivity contribution >= 4 is 5.91 Å². The fourth-order valence-corrected chi connectivity index (χ4v) is 5.75. The summed E-state index contributed by atoms with van der Waals surface area (Å²) in [5.41, 5.74) is -0.528. The number of nitrogens with zero attached hydrogens (tertiary/aromatic N) is 2. The Morgan fingerprint density at radius 2 is 2.23 bits per heavy atom. The highest BCUT2D eigenvalue weighted by Crippen LogP contribution is 2.61. The molecule has 5 rings (SSSR count). The van der Waals surface area contributed by atoms with Crippen molar-refractivity contribution in [1.82, 2.24) is 10.2 Å². The lowest BCUT2D eigenvalue weighted by molar-refractivity contribution is -0.130. The molecule has 1 amide bonds. The van der Waals surface area contributed by atoms with Crippen LogP contribution in [0.3, 0.4) is 0 Å². The van der Waals surface area contributed by atoms with Crippen molar-refractivity contribution in [2.45, 2.75) is 68.5 Å². The predicted molar refractivity (Wildman–Crippen MR) is 80.7 cm³/mol. The van der Waals surface area contributed by atoms with E-state index in [1.165, 1.54) is 6.42 Å². The predicted octanol–water partition coefficient (Wildman–Crippen LogP) is 1.17. The van der Waals surface area contributed by atoms with Gasteiger partial charge in [0, 0.05) is 12.1 Å². The fourth-order valence-electron chi connectivity index (χ4n) is 5.75. The molecule has 5 nitrogen and oxygen atoms in total. The molecule has 0 aromatic carbocycles. The summed E-state index contributed by atoms with van der Waals surface area (Å²) >= 11 is 0. The van der Waals surface area contributed by atoms with Gasteiger partial charge in [0.2, 0.25) is 5.91 Å². The van der Waals surface area contributed by atoms with Gasteiger partial charge in [-0.3, -0.25) is 4.79 Å². The molecule has 0 spiro atoms. The molecule has 22 heavy (non-hydrogen) atoms. The van der Waals surface area contributed by atoms with E-state index in [2.05, 4.69) is 11.4 Å². The number of aliphatic hydroxyl groups is 1. The van der Waals surface area contributed by atoms with Crippen molar-refractivity contribution in [3.63, 3.8) is 0 Å². The third kappa shape index (κ3) is 2.00. The van der Waals surface area contributed by atoms with Crippen LogP contribution in [0.5, 0.6) is 0 Å². The van der Waals surface area contributed by atoms with Crippen LogP contribution in [0.1, 0.15) is 51.4 Å². The molecule has 0 aromatic rings. The van der Waals surface area contributed by atoms with Crippen molar-refractivity contribution < 1.29 is 9.90 Å². The van der Waals surface area contributed by atoms with Gasteiger partial charge in [-0.15, -0.1) is 0 Å². The van der Waals surface area contributed by atoms with E-state index in [1.807, 2.05) is 0 Å². The molecule has 5 heteroatoms. The molecule has 1 heterocycles. The number of likely N-dealkylation sites (tertiary alicyclic amines) is 1. The Balaban J connectivity index is 1.44. The van der Waals surface area contributed by atoms with E-state index >= 15 is 0 Å². The zero-order valence-corrected chi connectivity index (χ0v) is 13.1. The zero-order chi connectivity index (χ0) is 15.4. The van der Waals surface area contributed by atoms with E-state index in [4.69, 9.17) is 5.26 Å². The first kappa shape index (κ1) is 14.5. The molecule has 5 fully saturated rings. The minimum Gasteiger partial charge on any atom is -0.390 e. The van der Waals surface area contributed by atoms with Gasteiger partial charge in [-0.25, -0.2) is 0 Å². The van der Waals surface area contributed by atoms with Crippen molar-refractivity contribution in [1.29, 1.82) is 5.26 Å². The lowest BCUT2D eigenvalue weighted by atomic mass is 9.77. The van der Waals surface area contributed by atoms with E-state index in [0.717, 1.165) is 44.9 Å². The molecule has 4 saturated carbocycles. The number of carbonyl (C=O) groups excluding carboxylic acids is 1. The van der Waals surface area contributed by atoms with Crippen LogP contribution in [0.4, 0.5) is 0 Å². The smallest absolute Gasteiger partial charge is 0.237 e. The average molecular weight is 303 g/mol. The highest BCUT2D eigenvalue weighted by Gasteiger charge is 2.63. The first-order valence-corrected chi connectivity index (χ1v) is 8.73. The third-order valence-corrected chi connectivity index (χ3v) is 6.82. The maximum atomic E-state index is 12.5. The van der Waals surface area contributed by atoms with Crippen LogP contribution in [-0.2, 0) is 4.79 Å². The number of fused-ring (bicyclic) bond motifs is 2. The first-order chi connectivity index (χ1) is 10.6. The molecule has 4 bridgehead atoms. The van der Waals surface area contributed by atoms with Gasteiger partial charge in [0.05, 0.1) is 18.2 Å². The Morgan fingerprint density at radius 3 is 3.05 bits per heavy atom. The summed E-state index contributed by atoms with van der Waals surface area (Å²) in [5, 5.41) is 23.5. The summed E-state index contributed by atoms with van der Waals surface area (Å²) < 4.78 is 0. The van der Waals surface area contributed by atoms with Crippen LogP contribution >= 0.6 is 0 Å². The van der Waals surface area contributed by atoms with Crippen molar-refractivity contribution in [3.05, 3.63) is 0 Å². The fraction of sp³-hybridized carbons (Fsp3) is 0.882. The Kier molecular flexibility index (Phi) is 3.25. The second-order valence-corrected chi connectivity index (χ2v) is 7.89. The lowest BCUT2D eigenvalue weighted by Crippen LogP contribution is -2.54. The van der Waals surface area contributed by atoms with Gasteiger partial charge in [0.25, 0.3) is 0 Å². The van der Waals surface area contributed by atoms with E-state index in [1.54, 1.807) is 4.90 Å². The number of amides is 1. The Bertz CT molecular complexity index is 530. The minimum absolute atomic E-state index is 0.0343. The molecule has 2 N–H and O–H groups in total. The van der Waals surface area contributed by atoms with E-state index in [0.29, 0.717) is 24.9 Å². The first-order valence-electron chi connectivity index (χ1n) is 8.73. The van der Waals surface area contributed by atoms with Crippen molar-refractivity contribution in [2.24, 2.45) is 11.8 Å². The van der Waals surface area contributed by atoms with Crippen LogP contribution < -0.4 is 5.32 Å². The van der Waals surface area contributed by atoms with Crippen LogP contribution in [0.2, 0.25) is 0 Å². The largest absolute Gasteiger partial charge is 0.390 e. The van der Waals surface area contributed by atoms with Gasteiger partial charge in [-0.1, -0.05) is 6.42 Å². The topological polar surface area (TPSA) is 76.4 Å². The number of hydrogen-bond donors (Lipinski definition) is 2. The van der Waals surface area contributed by atoms with Crippen LogP contribution in [-0.4, -0.2) is 46.2 Å². The van der Waals surface area contributed by atoms with Gasteiger partial charge >= 0.3 is 0 Å². The molecule has 1 aliphatic heterocycles. The molecule has 1 saturated heterocycles. The molecule has 120 valence electrons.